The number of aromatic nitrogens is 2. The number of nitrogens with one attached hydrogen (secondary N) is 1. The van der Waals surface area contributed by atoms with E-state index < -0.39 is 0 Å². The van der Waals surface area contributed by atoms with Crippen molar-refractivity contribution in [2.45, 2.75) is 57.8 Å². The van der Waals surface area contributed by atoms with Gasteiger partial charge in [-0.3, -0.25) is 4.79 Å². The number of carbonyl (C=O) groups is 1. The molecule has 1 aliphatic rings. The molecule has 19 heavy (non-hydrogen) atoms. The van der Waals surface area contributed by atoms with E-state index in [0.29, 0.717) is 13.0 Å². The summed E-state index contributed by atoms with van der Waals surface area (Å²) in [5.41, 5.74) is 0. The van der Waals surface area contributed by atoms with Crippen molar-refractivity contribution in [3.05, 3.63) is 18.2 Å². The fourth-order valence-corrected chi connectivity index (χ4v) is 2.45. The zero-order valence-electron chi connectivity index (χ0n) is 11.8. The third-order valence-corrected chi connectivity index (χ3v) is 3.66. The maximum atomic E-state index is 12.1. The van der Waals surface area contributed by atoms with Crippen molar-refractivity contribution in [2.75, 3.05) is 0 Å². The average Bonchev–Trinajstić information content (AvgIpc) is 3.04. The summed E-state index contributed by atoms with van der Waals surface area (Å²) in [6.07, 6.45) is 8.86. The van der Waals surface area contributed by atoms with Gasteiger partial charge in [-0.1, -0.05) is 19.8 Å². The van der Waals surface area contributed by atoms with Crippen LogP contribution in [0.15, 0.2) is 12.4 Å². The van der Waals surface area contributed by atoms with Crippen LogP contribution in [0.4, 0.5) is 0 Å². The van der Waals surface area contributed by atoms with Gasteiger partial charge >= 0.3 is 0 Å². The summed E-state index contributed by atoms with van der Waals surface area (Å²) in [6, 6.07) is 0. The summed E-state index contributed by atoms with van der Waals surface area (Å²) in [6.45, 7) is 2.44. The topological polar surface area (TPSA) is 56.1 Å². The number of ether oxygens (including phenoxy) is 1. The van der Waals surface area contributed by atoms with Crippen LogP contribution >= 0.6 is 0 Å². The molecule has 1 aromatic heterocycles. The minimum Gasteiger partial charge on any atom is -0.365 e. The molecule has 0 bridgehead atoms. The molecule has 0 aromatic carbocycles. The van der Waals surface area contributed by atoms with Crippen LogP contribution in [-0.4, -0.2) is 27.7 Å². The molecule has 106 valence electrons. The Bertz CT molecular complexity index is 411. The van der Waals surface area contributed by atoms with Crippen LogP contribution in [0.1, 0.15) is 44.9 Å². The van der Waals surface area contributed by atoms with Crippen LogP contribution in [0.25, 0.3) is 0 Å². The Kier molecular flexibility index (Phi) is 4.96. The number of imidazole rings is 1. The second-order valence-corrected chi connectivity index (χ2v) is 5.11. The highest BCUT2D eigenvalue weighted by atomic mass is 16.5. The highest BCUT2D eigenvalue weighted by Gasteiger charge is 2.24. The van der Waals surface area contributed by atoms with Crippen LogP contribution in [0.2, 0.25) is 0 Å². The molecule has 2 rings (SSSR count). The molecule has 1 atom stereocenters. The van der Waals surface area contributed by atoms with Crippen LogP contribution in [0.3, 0.4) is 0 Å². The lowest BCUT2D eigenvalue weighted by molar-refractivity contribution is -0.137. The molecule has 1 amide bonds. The zero-order valence-corrected chi connectivity index (χ0v) is 11.8. The van der Waals surface area contributed by atoms with E-state index in [-0.39, 0.29) is 18.1 Å². The molecule has 5 nitrogen and oxygen atoms in total. The van der Waals surface area contributed by atoms with Crippen molar-refractivity contribution in [1.29, 1.82) is 0 Å². The van der Waals surface area contributed by atoms with E-state index in [0.717, 1.165) is 18.7 Å². The number of rotatable bonds is 6. The van der Waals surface area contributed by atoms with Crippen molar-refractivity contribution in [3.8, 4) is 0 Å². The first-order valence-corrected chi connectivity index (χ1v) is 7.10. The fraction of sp³-hybridized carbons (Fsp3) is 0.714. The molecular weight excluding hydrogens is 242 g/mol. The van der Waals surface area contributed by atoms with Gasteiger partial charge in [0, 0.05) is 19.4 Å². The van der Waals surface area contributed by atoms with Crippen molar-refractivity contribution in [1.82, 2.24) is 14.9 Å². The lowest BCUT2D eigenvalue weighted by atomic mass is 10.2. The van der Waals surface area contributed by atoms with Gasteiger partial charge in [-0.2, -0.15) is 0 Å². The number of nitrogens with zero attached hydrogens (tertiary/aromatic N) is 2. The molecule has 5 heteroatoms. The molecular formula is C14H23N3O2. The quantitative estimate of drug-likeness (QED) is 0.853. The largest absolute Gasteiger partial charge is 0.365 e. The number of amides is 1. The molecule has 1 fully saturated rings. The van der Waals surface area contributed by atoms with Crippen LogP contribution in [0.5, 0.6) is 0 Å². The summed E-state index contributed by atoms with van der Waals surface area (Å²) in [4.78, 5) is 16.3. The Hall–Kier alpha value is -1.36. The molecule has 0 radical (unpaired) electrons. The summed E-state index contributed by atoms with van der Waals surface area (Å²) in [7, 11) is 1.92. The Morgan fingerprint density at radius 1 is 1.58 bits per heavy atom. The number of hydrogen-bond acceptors (Lipinski definition) is 3. The summed E-state index contributed by atoms with van der Waals surface area (Å²) in [5.74, 6) is 0.821. The molecule has 1 saturated carbocycles. The Labute approximate surface area is 114 Å². The number of hydrogen-bond donors (Lipinski definition) is 1. The molecule has 1 heterocycles. The van der Waals surface area contributed by atoms with Crippen molar-refractivity contribution < 1.29 is 9.53 Å². The fourth-order valence-electron chi connectivity index (χ4n) is 2.45. The average molecular weight is 265 g/mol. The second kappa shape index (κ2) is 6.70. The van der Waals surface area contributed by atoms with Crippen LogP contribution in [0, 0.1) is 0 Å². The predicted octanol–water partition coefficient (Wildman–Crippen LogP) is 1.77. The minimum atomic E-state index is -0.330. The summed E-state index contributed by atoms with van der Waals surface area (Å²) in [5, 5.41) is 2.90. The Morgan fingerprint density at radius 3 is 2.89 bits per heavy atom. The first-order chi connectivity index (χ1) is 9.20. The molecule has 1 aromatic rings. The van der Waals surface area contributed by atoms with Gasteiger partial charge in [0.05, 0.1) is 12.6 Å². The van der Waals surface area contributed by atoms with Gasteiger partial charge in [-0.25, -0.2) is 4.98 Å². The summed E-state index contributed by atoms with van der Waals surface area (Å²) >= 11 is 0. The molecule has 0 aliphatic heterocycles. The van der Waals surface area contributed by atoms with E-state index in [4.69, 9.17) is 4.74 Å². The first kappa shape index (κ1) is 14.1. The highest BCUT2D eigenvalue weighted by Crippen LogP contribution is 2.22. The van der Waals surface area contributed by atoms with Gasteiger partial charge in [0.25, 0.3) is 0 Å². The van der Waals surface area contributed by atoms with E-state index in [9.17, 15) is 4.79 Å². The lowest BCUT2D eigenvalue weighted by Gasteiger charge is -2.20. The first-order valence-electron chi connectivity index (χ1n) is 7.10. The van der Waals surface area contributed by atoms with E-state index in [1.165, 1.54) is 12.8 Å². The van der Waals surface area contributed by atoms with Crippen LogP contribution in [-0.2, 0) is 23.1 Å². The van der Waals surface area contributed by atoms with E-state index in [2.05, 4.69) is 10.3 Å². The number of carbonyl (C=O) groups excluding carboxylic acids is 1. The maximum absolute atomic E-state index is 12.1. The van der Waals surface area contributed by atoms with E-state index >= 15 is 0 Å². The molecule has 1 N–H and O–H groups in total. The van der Waals surface area contributed by atoms with Crippen molar-refractivity contribution >= 4 is 5.91 Å². The van der Waals surface area contributed by atoms with Gasteiger partial charge in [-0.05, 0) is 19.3 Å². The van der Waals surface area contributed by atoms with E-state index in [1.807, 2.05) is 24.7 Å². The minimum absolute atomic E-state index is 0.0302. The molecule has 0 unspecified atom stereocenters. The van der Waals surface area contributed by atoms with Crippen molar-refractivity contribution in [2.24, 2.45) is 7.05 Å². The van der Waals surface area contributed by atoms with E-state index in [1.54, 1.807) is 6.20 Å². The zero-order chi connectivity index (χ0) is 13.7. The van der Waals surface area contributed by atoms with Gasteiger partial charge < -0.3 is 14.6 Å². The molecule has 0 saturated heterocycles. The monoisotopic (exact) mass is 265 g/mol. The van der Waals surface area contributed by atoms with Gasteiger partial charge in [-0.15, -0.1) is 0 Å². The third-order valence-electron chi connectivity index (χ3n) is 3.66. The SMILES string of the molecule is CC[C@H](OC1CCCC1)C(=O)NCc1nccn1C. The van der Waals surface area contributed by atoms with Crippen LogP contribution < -0.4 is 5.32 Å². The predicted molar refractivity (Wildman–Crippen MR) is 72.5 cm³/mol. The standard InChI is InChI=1S/C14H23N3O2/c1-3-12(19-11-6-4-5-7-11)14(18)16-10-13-15-8-9-17(13)2/h8-9,11-12H,3-7,10H2,1-2H3,(H,16,18)/t12-/m0/s1. The summed E-state index contributed by atoms with van der Waals surface area (Å²) < 4.78 is 7.79. The third kappa shape index (κ3) is 3.80. The van der Waals surface area contributed by atoms with Gasteiger partial charge in [0.15, 0.2) is 0 Å². The smallest absolute Gasteiger partial charge is 0.249 e. The molecule has 0 spiro atoms. The lowest BCUT2D eigenvalue weighted by Crippen LogP contribution is -2.38. The van der Waals surface area contributed by atoms with Gasteiger partial charge in [0.1, 0.15) is 11.9 Å². The Morgan fingerprint density at radius 2 is 2.32 bits per heavy atom. The molecule has 1 aliphatic carbocycles. The highest BCUT2D eigenvalue weighted by molar-refractivity contribution is 5.80. The second-order valence-electron chi connectivity index (χ2n) is 5.11. The van der Waals surface area contributed by atoms with Crippen molar-refractivity contribution in [3.63, 3.8) is 0 Å². The number of aryl methyl sites for hydroxylation is 1. The van der Waals surface area contributed by atoms with Gasteiger partial charge in [0.2, 0.25) is 5.91 Å². The normalized spacial score (nSPS) is 17.6. The Balaban J connectivity index is 1.81. The maximum Gasteiger partial charge on any atom is 0.249 e.